The highest BCUT2D eigenvalue weighted by molar-refractivity contribution is 7.92. The molecular weight excluding hydrogens is 853 g/mol. The summed E-state index contributed by atoms with van der Waals surface area (Å²) in [5.74, 6) is 0.851. The number of rotatable bonds is 24. The molecule has 63 heavy (non-hydrogen) atoms. The molecule has 0 fully saturated rings. The molecule has 1 unspecified atom stereocenters. The summed E-state index contributed by atoms with van der Waals surface area (Å²) in [5.41, 5.74) is 2.87. The first-order valence-electron chi connectivity index (χ1n) is 23.2. The topological polar surface area (TPSA) is 180 Å². The Labute approximate surface area is 373 Å². The molecule has 0 saturated heterocycles. The lowest BCUT2D eigenvalue weighted by atomic mass is 10.1. The molecule has 12 nitrogen and oxygen atoms in total. The molecule has 6 bridgehead atoms. The van der Waals surface area contributed by atoms with Crippen LogP contribution in [-0.2, 0) is 29.5 Å². The van der Waals surface area contributed by atoms with Crippen molar-refractivity contribution in [3.63, 3.8) is 0 Å². The summed E-state index contributed by atoms with van der Waals surface area (Å²) in [4.78, 5) is 28.6. The van der Waals surface area contributed by atoms with Crippen molar-refractivity contribution in [2.75, 3.05) is 17.3 Å². The molecule has 4 aromatic rings. The van der Waals surface area contributed by atoms with E-state index in [1.165, 1.54) is 0 Å². The minimum absolute atomic E-state index is 0.0269. The quantitative estimate of drug-likeness (QED) is 0.0684. The predicted molar refractivity (Wildman–Crippen MR) is 252 cm³/mol. The SMILES string of the molecule is CCCCCCCCS(=O)(=O)c1ccc2c(c1)C1=NC2/N=C2\N=C(N=c3[nH]c(c4ccc(S(=O)(=O)CCCCCCCC)cc34)=N1)c1ccc(S(=O)(=O)CCCCCCCC)cc12. The first kappa shape index (κ1) is 46.6. The minimum atomic E-state index is -3.63. The molecule has 0 aliphatic carbocycles. The van der Waals surface area contributed by atoms with Gasteiger partial charge in [-0.1, -0.05) is 123 Å². The van der Waals surface area contributed by atoms with Crippen molar-refractivity contribution in [1.29, 1.82) is 0 Å². The fraction of sp³-hybridized carbons (Fsp3) is 0.521. The van der Waals surface area contributed by atoms with Crippen LogP contribution in [0.4, 0.5) is 0 Å². The van der Waals surface area contributed by atoms with Gasteiger partial charge in [0.1, 0.15) is 11.0 Å². The molecule has 0 saturated carbocycles. The molecule has 3 aliphatic heterocycles. The van der Waals surface area contributed by atoms with Crippen LogP contribution in [0.5, 0.6) is 0 Å². The highest BCUT2D eigenvalue weighted by Gasteiger charge is 2.32. The van der Waals surface area contributed by atoms with Crippen molar-refractivity contribution in [3.8, 4) is 0 Å². The second-order valence-electron chi connectivity index (χ2n) is 17.2. The normalized spacial score (nSPS) is 16.6. The lowest BCUT2D eigenvalue weighted by Crippen LogP contribution is -2.15. The van der Waals surface area contributed by atoms with E-state index >= 15 is 0 Å². The van der Waals surface area contributed by atoms with E-state index < -0.39 is 35.7 Å². The van der Waals surface area contributed by atoms with E-state index in [1.807, 2.05) is 0 Å². The van der Waals surface area contributed by atoms with E-state index in [2.05, 4.69) is 25.8 Å². The molecule has 0 amide bonds. The zero-order chi connectivity index (χ0) is 44.6. The molecule has 4 heterocycles. The number of nitrogens with one attached hydrogen (secondary N) is 1. The van der Waals surface area contributed by atoms with E-state index in [-0.39, 0.29) is 49.5 Å². The smallest absolute Gasteiger partial charge is 0.178 e. The molecule has 1 aromatic heterocycles. The second-order valence-corrected chi connectivity index (χ2v) is 23.5. The number of hydrogen-bond acceptors (Lipinski definition) is 11. The van der Waals surface area contributed by atoms with Crippen molar-refractivity contribution < 1.29 is 25.3 Å². The Bertz CT molecular complexity index is 2880. The fourth-order valence-corrected chi connectivity index (χ4v) is 12.7. The molecule has 0 spiro atoms. The van der Waals surface area contributed by atoms with Crippen molar-refractivity contribution >= 4 is 57.8 Å². The zero-order valence-electron chi connectivity index (χ0n) is 37.0. The van der Waals surface area contributed by atoms with Gasteiger partial charge in [-0.05, 0) is 67.8 Å². The van der Waals surface area contributed by atoms with Crippen LogP contribution < -0.4 is 11.0 Å². The maximum absolute atomic E-state index is 13.7. The lowest BCUT2D eigenvalue weighted by molar-refractivity contribution is 0.582. The second kappa shape index (κ2) is 20.7. The number of unbranched alkanes of at least 4 members (excludes halogenated alkanes) is 15. The van der Waals surface area contributed by atoms with Crippen LogP contribution in [0.1, 0.15) is 165 Å². The van der Waals surface area contributed by atoms with Crippen molar-refractivity contribution in [2.45, 2.75) is 157 Å². The van der Waals surface area contributed by atoms with Crippen molar-refractivity contribution in [1.82, 2.24) is 4.98 Å². The van der Waals surface area contributed by atoms with E-state index in [4.69, 9.17) is 25.0 Å². The first-order valence-corrected chi connectivity index (χ1v) is 28.1. The van der Waals surface area contributed by atoms with Gasteiger partial charge < -0.3 is 4.98 Å². The standard InChI is InChI=1S/C48H62N6O6S3/c1-4-7-10-13-16-19-28-61(55,56)34-22-25-37-40(31-34)46-49-43(37)53-47-42-33-36(63(59,60)30-21-18-15-12-9-6-3)24-27-39(42)45(51-47)54-48-41-32-35(23-26-38(41)44(50-48)52-46)62(57,58)29-20-17-14-11-8-5-2/h22-27,31-33,43H,4-21,28-30H2,1-3H3,(H,49,50,51,52,53,54). The molecule has 7 rings (SSSR count). The average molecular weight is 915 g/mol. The average Bonchev–Trinajstić information content (AvgIpc) is 3.91. The Morgan fingerprint density at radius 3 is 1.41 bits per heavy atom. The molecule has 338 valence electrons. The summed E-state index contributed by atoms with van der Waals surface area (Å²) in [6, 6.07) is 14.8. The number of hydrogen-bond donors (Lipinski definition) is 1. The highest BCUT2D eigenvalue weighted by atomic mass is 32.2. The van der Waals surface area contributed by atoms with Crippen LogP contribution in [0.3, 0.4) is 0 Å². The third-order valence-electron chi connectivity index (χ3n) is 12.3. The number of benzene rings is 3. The number of fused-ring (bicyclic) bond motifs is 13. The molecule has 3 aromatic carbocycles. The lowest BCUT2D eigenvalue weighted by Gasteiger charge is -2.10. The summed E-state index contributed by atoms with van der Waals surface area (Å²) >= 11 is 0. The van der Waals surface area contributed by atoms with Crippen molar-refractivity contribution in [2.24, 2.45) is 25.0 Å². The zero-order valence-corrected chi connectivity index (χ0v) is 39.5. The molecule has 1 N–H and O–H groups in total. The van der Waals surface area contributed by atoms with Gasteiger partial charge in [-0.2, -0.15) is 0 Å². The maximum Gasteiger partial charge on any atom is 0.178 e. The third-order valence-corrected chi connectivity index (χ3v) is 17.7. The van der Waals surface area contributed by atoms with E-state index in [0.717, 1.165) is 96.3 Å². The Kier molecular flexibility index (Phi) is 15.3. The van der Waals surface area contributed by atoms with E-state index in [0.29, 0.717) is 63.3 Å². The van der Waals surface area contributed by atoms with Gasteiger partial charge in [0.05, 0.1) is 31.9 Å². The number of aromatic amines is 1. The molecule has 0 radical (unpaired) electrons. The van der Waals surface area contributed by atoms with E-state index in [1.54, 1.807) is 54.6 Å². The van der Waals surface area contributed by atoms with Gasteiger partial charge >= 0.3 is 0 Å². The Hall–Kier alpha value is -4.34. The summed E-state index contributed by atoms with van der Waals surface area (Å²) in [6.07, 6.45) is 16.4. The fourth-order valence-electron chi connectivity index (χ4n) is 8.53. The maximum atomic E-state index is 13.7. The molecule has 3 aliphatic rings. The van der Waals surface area contributed by atoms with Crippen LogP contribution in [0.25, 0.3) is 10.8 Å². The summed E-state index contributed by atoms with van der Waals surface area (Å²) in [6.45, 7) is 6.45. The number of nitrogens with zero attached hydrogens (tertiary/aromatic N) is 5. The molecule has 15 heteroatoms. The third kappa shape index (κ3) is 11.0. The van der Waals surface area contributed by atoms with Crippen LogP contribution >= 0.6 is 0 Å². The Morgan fingerprint density at radius 2 is 0.857 bits per heavy atom. The number of H-pyrrole nitrogens is 1. The number of aliphatic imine (C=N–C) groups is 3. The Balaban J connectivity index is 1.31. The summed E-state index contributed by atoms with van der Waals surface area (Å²) in [5, 5.41) is 1.11. The van der Waals surface area contributed by atoms with Crippen LogP contribution in [0, 0.1) is 0 Å². The van der Waals surface area contributed by atoms with Crippen LogP contribution in [0.2, 0.25) is 0 Å². The monoisotopic (exact) mass is 914 g/mol. The van der Waals surface area contributed by atoms with Crippen LogP contribution in [-0.4, -0.2) is 65.0 Å². The highest BCUT2D eigenvalue weighted by Crippen LogP contribution is 2.36. The summed E-state index contributed by atoms with van der Waals surface area (Å²) in [7, 11) is -10.9. The first-order chi connectivity index (χ1) is 30.3. The summed E-state index contributed by atoms with van der Waals surface area (Å²) < 4.78 is 82.3. The van der Waals surface area contributed by atoms with Gasteiger partial charge in [0.15, 0.2) is 53.2 Å². The van der Waals surface area contributed by atoms with Crippen molar-refractivity contribution in [3.05, 3.63) is 87.8 Å². The van der Waals surface area contributed by atoms with Gasteiger partial charge in [0.2, 0.25) is 0 Å². The van der Waals surface area contributed by atoms with E-state index in [9.17, 15) is 25.3 Å². The van der Waals surface area contributed by atoms with Crippen LogP contribution in [0.15, 0.2) is 94.2 Å². The van der Waals surface area contributed by atoms with Gasteiger partial charge in [-0.25, -0.2) is 50.2 Å². The van der Waals surface area contributed by atoms with Gasteiger partial charge in [-0.15, -0.1) is 0 Å². The molecule has 1 atom stereocenters. The number of amidine groups is 3. The number of aromatic nitrogens is 1. The largest absolute Gasteiger partial charge is 0.324 e. The predicted octanol–water partition coefficient (Wildman–Crippen LogP) is 9.49. The minimum Gasteiger partial charge on any atom is -0.324 e. The van der Waals surface area contributed by atoms with Gasteiger partial charge in [-0.3, -0.25) is 0 Å². The Morgan fingerprint density at radius 1 is 0.429 bits per heavy atom. The van der Waals surface area contributed by atoms with Gasteiger partial charge in [0.25, 0.3) is 0 Å². The molecular formula is C48H62N6O6S3. The number of sulfone groups is 3. The van der Waals surface area contributed by atoms with Gasteiger partial charge in [0, 0.05) is 33.0 Å².